The molecule has 3 rings (SSSR count). The molecular formula is C18H20BrN5O2. The predicted molar refractivity (Wildman–Crippen MR) is 102 cm³/mol. The van der Waals surface area contributed by atoms with Gasteiger partial charge in [0.2, 0.25) is 5.91 Å². The van der Waals surface area contributed by atoms with E-state index in [0.717, 1.165) is 21.5 Å². The molecule has 0 aliphatic heterocycles. The van der Waals surface area contributed by atoms with Gasteiger partial charge in [-0.1, -0.05) is 12.1 Å². The summed E-state index contributed by atoms with van der Waals surface area (Å²) in [6.07, 6.45) is 5.23. The molecular weight excluding hydrogens is 398 g/mol. The van der Waals surface area contributed by atoms with Gasteiger partial charge in [-0.3, -0.25) is 14.2 Å². The van der Waals surface area contributed by atoms with Crippen LogP contribution in [0.2, 0.25) is 0 Å². The molecule has 0 saturated carbocycles. The SMILES string of the molecule is COc1cccc(Cn2cc(NC(=O)C(C)n3cc(Br)c(C)n3)cn2)c1. The largest absolute Gasteiger partial charge is 0.497 e. The van der Waals surface area contributed by atoms with Crippen LogP contribution in [0, 0.1) is 6.92 Å². The van der Waals surface area contributed by atoms with Crippen LogP contribution in [0.25, 0.3) is 0 Å². The van der Waals surface area contributed by atoms with E-state index in [9.17, 15) is 4.79 Å². The van der Waals surface area contributed by atoms with Crippen molar-refractivity contribution in [1.82, 2.24) is 19.6 Å². The van der Waals surface area contributed by atoms with E-state index >= 15 is 0 Å². The molecule has 0 saturated heterocycles. The number of hydrogen-bond acceptors (Lipinski definition) is 4. The van der Waals surface area contributed by atoms with Crippen molar-refractivity contribution >= 4 is 27.5 Å². The summed E-state index contributed by atoms with van der Waals surface area (Å²) in [5.74, 6) is 0.651. The highest BCUT2D eigenvalue weighted by atomic mass is 79.9. The number of anilines is 1. The molecule has 26 heavy (non-hydrogen) atoms. The smallest absolute Gasteiger partial charge is 0.249 e. The summed E-state index contributed by atoms with van der Waals surface area (Å²) in [7, 11) is 1.64. The predicted octanol–water partition coefficient (Wildman–Crippen LogP) is 3.41. The Balaban J connectivity index is 1.64. The minimum absolute atomic E-state index is 0.152. The first-order valence-electron chi connectivity index (χ1n) is 8.14. The van der Waals surface area contributed by atoms with Crippen LogP contribution < -0.4 is 10.1 Å². The van der Waals surface area contributed by atoms with Crippen LogP contribution in [-0.4, -0.2) is 32.6 Å². The Labute approximate surface area is 160 Å². The number of methoxy groups -OCH3 is 1. The molecule has 136 valence electrons. The Kier molecular flexibility index (Phi) is 5.41. The lowest BCUT2D eigenvalue weighted by Crippen LogP contribution is -2.23. The first kappa shape index (κ1) is 18.2. The summed E-state index contributed by atoms with van der Waals surface area (Å²) < 4.78 is 9.51. The lowest BCUT2D eigenvalue weighted by molar-refractivity contribution is -0.119. The van der Waals surface area contributed by atoms with E-state index in [2.05, 4.69) is 31.4 Å². The molecule has 0 radical (unpaired) electrons. The van der Waals surface area contributed by atoms with Crippen molar-refractivity contribution in [3.8, 4) is 5.75 Å². The van der Waals surface area contributed by atoms with Gasteiger partial charge in [-0.05, 0) is 47.5 Å². The fraction of sp³-hybridized carbons (Fsp3) is 0.278. The zero-order valence-corrected chi connectivity index (χ0v) is 16.4. The summed E-state index contributed by atoms with van der Waals surface area (Å²) in [6.45, 7) is 4.27. The molecule has 8 heteroatoms. The number of carbonyl (C=O) groups excluding carboxylic acids is 1. The fourth-order valence-electron chi connectivity index (χ4n) is 2.50. The fourth-order valence-corrected chi connectivity index (χ4v) is 2.79. The number of halogens is 1. The van der Waals surface area contributed by atoms with Crippen molar-refractivity contribution in [1.29, 1.82) is 0 Å². The molecule has 0 fully saturated rings. The highest BCUT2D eigenvalue weighted by Gasteiger charge is 2.17. The van der Waals surface area contributed by atoms with Crippen molar-refractivity contribution in [3.05, 3.63) is 58.6 Å². The van der Waals surface area contributed by atoms with Gasteiger partial charge in [-0.2, -0.15) is 10.2 Å². The highest BCUT2D eigenvalue weighted by molar-refractivity contribution is 9.10. The second kappa shape index (κ2) is 7.74. The molecule has 0 aliphatic carbocycles. The zero-order chi connectivity index (χ0) is 18.7. The highest BCUT2D eigenvalue weighted by Crippen LogP contribution is 2.18. The van der Waals surface area contributed by atoms with Crippen LogP contribution in [0.3, 0.4) is 0 Å². The summed E-state index contributed by atoms with van der Waals surface area (Å²) in [5.41, 5.74) is 2.55. The van der Waals surface area contributed by atoms with E-state index in [0.29, 0.717) is 12.2 Å². The number of carbonyl (C=O) groups is 1. The van der Waals surface area contributed by atoms with Gasteiger partial charge in [-0.25, -0.2) is 0 Å². The van der Waals surface area contributed by atoms with E-state index < -0.39 is 6.04 Å². The molecule has 2 aromatic heterocycles. The van der Waals surface area contributed by atoms with Crippen molar-refractivity contribution in [2.45, 2.75) is 26.4 Å². The Bertz CT molecular complexity index is 898. The van der Waals surface area contributed by atoms with Gasteiger partial charge < -0.3 is 10.1 Å². The first-order valence-corrected chi connectivity index (χ1v) is 8.93. The third-order valence-corrected chi connectivity index (χ3v) is 4.79. The van der Waals surface area contributed by atoms with E-state index in [1.165, 1.54) is 0 Å². The Morgan fingerprint density at radius 1 is 1.38 bits per heavy atom. The van der Waals surface area contributed by atoms with Crippen molar-refractivity contribution in [2.24, 2.45) is 0 Å². The Morgan fingerprint density at radius 3 is 2.88 bits per heavy atom. The lowest BCUT2D eigenvalue weighted by Gasteiger charge is -2.11. The van der Waals surface area contributed by atoms with Crippen molar-refractivity contribution in [3.63, 3.8) is 0 Å². The standard InChI is InChI=1S/C18H20BrN5O2/c1-12-17(19)11-24(22-12)13(2)18(25)21-15-8-20-23(10-15)9-14-5-4-6-16(7-14)26-3/h4-8,10-11,13H,9H2,1-3H3,(H,21,25). The van der Waals surface area contributed by atoms with E-state index in [1.807, 2.05) is 31.2 Å². The quantitative estimate of drug-likeness (QED) is 0.666. The monoisotopic (exact) mass is 417 g/mol. The molecule has 1 N–H and O–H groups in total. The molecule has 0 aliphatic rings. The van der Waals surface area contributed by atoms with Gasteiger partial charge in [0.15, 0.2) is 0 Å². The second-order valence-electron chi connectivity index (χ2n) is 5.99. The summed E-state index contributed by atoms with van der Waals surface area (Å²) >= 11 is 3.41. The molecule has 0 spiro atoms. The average Bonchev–Trinajstić information content (AvgIpc) is 3.20. The molecule has 7 nitrogen and oxygen atoms in total. The number of hydrogen-bond donors (Lipinski definition) is 1. The second-order valence-corrected chi connectivity index (χ2v) is 6.84. The van der Waals surface area contributed by atoms with Gasteiger partial charge in [0.05, 0.1) is 35.7 Å². The minimum atomic E-state index is -0.429. The molecule has 1 atom stereocenters. The van der Waals surface area contributed by atoms with Crippen LogP contribution in [0.1, 0.15) is 24.2 Å². The molecule has 2 heterocycles. The number of benzene rings is 1. The maximum atomic E-state index is 12.4. The van der Waals surface area contributed by atoms with E-state index in [1.54, 1.807) is 42.0 Å². The number of nitrogens with zero attached hydrogens (tertiary/aromatic N) is 4. The molecule has 1 unspecified atom stereocenters. The molecule has 1 amide bonds. The summed E-state index contributed by atoms with van der Waals surface area (Å²) in [5, 5.41) is 11.5. The summed E-state index contributed by atoms with van der Waals surface area (Å²) in [6, 6.07) is 7.37. The van der Waals surface area contributed by atoms with Gasteiger partial charge >= 0.3 is 0 Å². The van der Waals surface area contributed by atoms with E-state index in [4.69, 9.17) is 4.74 Å². The normalized spacial score (nSPS) is 12.0. The lowest BCUT2D eigenvalue weighted by atomic mass is 10.2. The van der Waals surface area contributed by atoms with E-state index in [-0.39, 0.29) is 5.91 Å². The topological polar surface area (TPSA) is 74.0 Å². The zero-order valence-electron chi connectivity index (χ0n) is 14.8. The maximum absolute atomic E-state index is 12.4. The van der Waals surface area contributed by atoms with Gasteiger partial charge in [0.25, 0.3) is 0 Å². The molecule has 1 aromatic carbocycles. The number of ether oxygens (including phenoxy) is 1. The van der Waals surface area contributed by atoms with Crippen molar-refractivity contribution < 1.29 is 9.53 Å². The maximum Gasteiger partial charge on any atom is 0.249 e. The van der Waals surface area contributed by atoms with Crippen LogP contribution in [0.4, 0.5) is 5.69 Å². The average molecular weight is 418 g/mol. The minimum Gasteiger partial charge on any atom is -0.497 e. The Morgan fingerprint density at radius 2 is 2.19 bits per heavy atom. The third-order valence-electron chi connectivity index (χ3n) is 4.01. The van der Waals surface area contributed by atoms with Crippen molar-refractivity contribution in [2.75, 3.05) is 12.4 Å². The number of rotatable bonds is 6. The van der Waals surface area contributed by atoms with Gasteiger partial charge in [0.1, 0.15) is 11.8 Å². The molecule has 0 bridgehead atoms. The summed E-state index contributed by atoms with van der Waals surface area (Å²) in [4.78, 5) is 12.4. The molecule has 3 aromatic rings. The van der Waals surface area contributed by atoms with Crippen LogP contribution >= 0.6 is 15.9 Å². The van der Waals surface area contributed by atoms with Gasteiger partial charge in [-0.15, -0.1) is 0 Å². The van der Waals surface area contributed by atoms with Crippen LogP contribution in [-0.2, 0) is 11.3 Å². The number of nitrogens with one attached hydrogen (secondary N) is 1. The van der Waals surface area contributed by atoms with Crippen LogP contribution in [0.5, 0.6) is 5.75 Å². The number of aryl methyl sites for hydroxylation is 1. The third kappa shape index (κ3) is 4.13. The van der Waals surface area contributed by atoms with Gasteiger partial charge in [0, 0.05) is 12.4 Å². The first-order chi connectivity index (χ1) is 12.5. The van der Waals surface area contributed by atoms with Crippen LogP contribution in [0.15, 0.2) is 47.3 Å². The number of aromatic nitrogens is 4. The Hall–Kier alpha value is -2.61. The number of amides is 1.